The molecule has 2 aliphatic heterocycles. The zero-order chi connectivity index (χ0) is 41.5. The third-order valence-corrected chi connectivity index (χ3v) is 14.5. The molecule has 2 aromatic heterocycles. The quantitative estimate of drug-likeness (QED) is 0.168. The number of fused-ring (bicyclic) bond motifs is 10. The van der Waals surface area contributed by atoms with Crippen LogP contribution in [-0.2, 0) is 10.8 Å². The van der Waals surface area contributed by atoms with Crippen molar-refractivity contribution in [3.63, 3.8) is 0 Å². The molecule has 0 spiro atoms. The van der Waals surface area contributed by atoms with Gasteiger partial charge in [-0.3, -0.25) is 0 Å². The highest BCUT2D eigenvalue weighted by atomic mass is 15.0. The van der Waals surface area contributed by atoms with Crippen LogP contribution in [0.1, 0.15) is 49.9 Å². The molecule has 4 heterocycles. The molecule has 2 aliphatic rings. The fraction of sp³-hybridized carbons (Fsp3) is 0.100. The second kappa shape index (κ2) is 12.6. The molecule has 294 valence electrons. The standard InChI is InChI=1S/C60H44N2/c1-59(2)49-24-12-22-47-45-20-5-7-26-53(45)61(57(47)49)55-30-28-43(35-51(55)59)41-18-10-16-39(33-41)37-14-9-15-38(32-37)40-17-11-19-42(34-40)44-29-31-56-52(36-44)60(3,4)50-25-13-23-48-46-21-6-8-27-54(46)62(56)58(48)50/h5-36H,1-4H3. The van der Waals surface area contributed by atoms with Crippen LogP contribution in [0.3, 0.4) is 0 Å². The first-order valence-electron chi connectivity index (χ1n) is 21.9. The van der Waals surface area contributed by atoms with Crippen LogP contribution in [0.25, 0.3) is 99.5 Å². The highest BCUT2D eigenvalue weighted by Gasteiger charge is 2.37. The van der Waals surface area contributed by atoms with E-state index in [9.17, 15) is 0 Å². The van der Waals surface area contributed by atoms with E-state index >= 15 is 0 Å². The first kappa shape index (κ1) is 35.3. The summed E-state index contributed by atoms with van der Waals surface area (Å²) in [5.74, 6) is 0. The van der Waals surface area contributed by atoms with Crippen molar-refractivity contribution in [3.8, 4) is 55.9 Å². The molecule has 2 heteroatoms. The average Bonchev–Trinajstić information content (AvgIpc) is 3.84. The summed E-state index contributed by atoms with van der Waals surface area (Å²) in [6.07, 6.45) is 0. The highest BCUT2D eigenvalue weighted by Crippen LogP contribution is 2.50. The molecule has 9 aromatic carbocycles. The van der Waals surface area contributed by atoms with E-state index in [2.05, 4.69) is 231 Å². The smallest absolute Gasteiger partial charge is 0.0582 e. The van der Waals surface area contributed by atoms with E-state index in [1.165, 1.54) is 122 Å². The van der Waals surface area contributed by atoms with E-state index in [1.54, 1.807) is 0 Å². The molecule has 62 heavy (non-hydrogen) atoms. The fourth-order valence-corrected chi connectivity index (χ4v) is 11.3. The van der Waals surface area contributed by atoms with Gasteiger partial charge in [0.25, 0.3) is 0 Å². The summed E-state index contributed by atoms with van der Waals surface area (Å²) in [6, 6.07) is 72.7. The second-order valence-corrected chi connectivity index (χ2v) is 18.6. The van der Waals surface area contributed by atoms with Gasteiger partial charge < -0.3 is 9.13 Å². The molecule has 0 N–H and O–H groups in total. The van der Waals surface area contributed by atoms with Crippen molar-refractivity contribution in [3.05, 3.63) is 216 Å². The van der Waals surface area contributed by atoms with Gasteiger partial charge in [0.05, 0.1) is 33.4 Å². The van der Waals surface area contributed by atoms with Crippen molar-refractivity contribution in [1.29, 1.82) is 0 Å². The van der Waals surface area contributed by atoms with Gasteiger partial charge in [-0.1, -0.05) is 167 Å². The maximum atomic E-state index is 2.49. The van der Waals surface area contributed by atoms with Gasteiger partial charge in [-0.05, 0) is 121 Å². The molecular weight excluding hydrogens is 749 g/mol. The molecule has 0 fully saturated rings. The second-order valence-electron chi connectivity index (χ2n) is 18.6. The van der Waals surface area contributed by atoms with Crippen LogP contribution in [0.15, 0.2) is 194 Å². The molecular formula is C60H44N2. The number of nitrogens with zero attached hydrogens (tertiary/aromatic N) is 2. The number of aromatic nitrogens is 2. The Bertz CT molecular complexity index is 3460. The maximum Gasteiger partial charge on any atom is 0.0582 e. The van der Waals surface area contributed by atoms with Crippen LogP contribution >= 0.6 is 0 Å². The molecule has 0 atom stereocenters. The summed E-state index contributed by atoms with van der Waals surface area (Å²) in [5.41, 5.74) is 22.7. The minimum atomic E-state index is -0.152. The van der Waals surface area contributed by atoms with E-state index in [4.69, 9.17) is 0 Å². The molecule has 0 aliphatic carbocycles. The predicted octanol–water partition coefficient (Wildman–Crippen LogP) is 15.8. The van der Waals surface area contributed by atoms with Gasteiger partial charge in [-0.25, -0.2) is 0 Å². The largest absolute Gasteiger partial charge is 0.309 e. The SMILES string of the molecule is CC1(C)c2cc(-c3cccc(-c4cccc(-c5cccc(-c6ccc7c(c6)C(C)(C)c6cccc8c9ccccc9n-7c68)c5)c4)c3)ccc2-n2c3ccccc3c3cccc1c32. The minimum absolute atomic E-state index is 0.152. The van der Waals surface area contributed by atoms with Crippen LogP contribution < -0.4 is 0 Å². The van der Waals surface area contributed by atoms with Crippen molar-refractivity contribution < 1.29 is 0 Å². The van der Waals surface area contributed by atoms with Gasteiger partial charge in [0, 0.05) is 32.4 Å². The van der Waals surface area contributed by atoms with Gasteiger partial charge in [0.15, 0.2) is 0 Å². The lowest BCUT2D eigenvalue weighted by molar-refractivity contribution is 0.630. The Kier molecular flexibility index (Phi) is 7.16. The van der Waals surface area contributed by atoms with Crippen LogP contribution in [0.5, 0.6) is 0 Å². The third-order valence-electron chi connectivity index (χ3n) is 14.5. The van der Waals surface area contributed by atoms with E-state index in [0.717, 1.165) is 0 Å². The van der Waals surface area contributed by atoms with Crippen LogP contribution in [0, 0.1) is 0 Å². The van der Waals surface area contributed by atoms with Crippen molar-refractivity contribution in [1.82, 2.24) is 9.13 Å². The van der Waals surface area contributed by atoms with E-state index < -0.39 is 0 Å². The lowest BCUT2D eigenvalue weighted by atomic mass is 9.74. The topological polar surface area (TPSA) is 9.86 Å². The van der Waals surface area contributed by atoms with Crippen LogP contribution in [0.2, 0.25) is 0 Å². The Morgan fingerprint density at radius 2 is 0.597 bits per heavy atom. The minimum Gasteiger partial charge on any atom is -0.309 e. The number of para-hydroxylation sites is 4. The van der Waals surface area contributed by atoms with Gasteiger partial charge in [-0.15, -0.1) is 0 Å². The average molecular weight is 793 g/mol. The molecule has 0 saturated heterocycles. The molecule has 0 amide bonds. The van der Waals surface area contributed by atoms with Gasteiger partial charge in [0.1, 0.15) is 0 Å². The molecule has 11 aromatic rings. The summed E-state index contributed by atoms with van der Waals surface area (Å²) in [7, 11) is 0. The fourth-order valence-electron chi connectivity index (χ4n) is 11.3. The van der Waals surface area contributed by atoms with Crippen molar-refractivity contribution in [2.24, 2.45) is 0 Å². The Morgan fingerprint density at radius 3 is 0.984 bits per heavy atom. The highest BCUT2D eigenvalue weighted by molar-refractivity contribution is 6.12. The summed E-state index contributed by atoms with van der Waals surface area (Å²) < 4.78 is 4.99. The zero-order valence-corrected chi connectivity index (χ0v) is 35.4. The lowest BCUT2D eigenvalue weighted by Gasteiger charge is -2.35. The molecule has 13 rings (SSSR count). The Morgan fingerprint density at radius 1 is 0.274 bits per heavy atom. The Labute approximate surface area is 362 Å². The van der Waals surface area contributed by atoms with E-state index in [1.807, 2.05) is 0 Å². The first-order chi connectivity index (χ1) is 30.3. The van der Waals surface area contributed by atoms with Crippen LogP contribution in [-0.4, -0.2) is 9.13 Å². The molecule has 2 nitrogen and oxygen atoms in total. The molecule has 0 unspecified atom stereocenters. The molecule has 0 radical (unpaired) electrons. The summed E-state index contributed by atoms with van der Waals surface area (Å²) in [6.45, 7) is 9.54. The number of hydrogen-bond acceptors (Lipinski definition) is 0. The van der Waals surface area contributed by atoms with Crippen molar-refractivity contribution >= 4 is 43.6 Å². The van der Waals surface area contributed by atoms with Gasteiger partial charge in [0.2, 0.25) is 0 Å². The monoisotopic (exact) mass is 792 g/mol. The van der Waals surface area contributed by atoms with E-state index in [0.29, 0.717) is 0 Å². The van der Waals surface area contributed by atoms with Gasteiger partial charge in [-0.2, -0.15) is 0 Å². The Hall–Kier alpha value is -7.42. The summed E-state index contributed by atoms with van der Waals surface area (Å²) in [4.78, 5) is 0. The normalized spacial score (nSPS) is 14.4. The first-order valence-corrected chi connectivity index (χ1v) is 21.9. The number of benzene rings is 9. The number of hydrogen-bond donors (Lipinski definition) is 0. The Balaban J connectivity index is 0.856. The molecule has 0 saturated carbocycles. The summed E-state index contributed by atoms with van der Waals surface area (Å²) >= 11 is 0. The van der Waals surface area contributed by atoms with E-state index in [-0.39, 0.29) is 10.8 Å². The predicted molar refractivity (Wildman–Crippen MR) is 261 cm³/mol. The zero-order valence-electron chi connectivity index (χ0n) is 35.4. The van der Waals surface area contributed by atoms with Crippen molar-refractivity contribution in [2.75, 3.05) is 0 Å². The van der Waals surface area contributed by atoms with Crippen molar-refractivity contribution in [2.45, 2.75) is 38.5 Å². The van der Waals surface area contributed by atoms with Crippen LogP contribution in [0.4, 0.5) is 0 Å². The molecule has 0 bridgehead atoms. The lowest BCUT2D eigenvalue weighted by Crippen LogP contribution is -2.26. The van der Waals surface area contributed by atoms with Gasteiger partial charge >= 0.3 is 0 Å². The third kappa shape index (κ3) is 4.81. The number of rotatable bonds is 4. The summed E-state index contributed by atoms with van der Waals surface area (Å²) in [5, 5.41) is 5.27. The maximum absolute atomic E-state index is 2.49.